The van der Waals surface area contributed by atoms with Crippen molar-refractivity contribution in [3.63, 3.8) is 0 Å². The lowest BCUT2D eigenvalue weighted by molar-refractivity contribution is -0.138. The normalized spacial score (nSPS) is 24.6. The minimum absolute atomic E-state index is 0.0192. The molecule has 0 saturated heterocycles. The van der Waals surface area contributed by atoms with E-state index in [4.69, 9.17) is 11.6 Å². The standard InChI is InChI=1S/C19H14BrClF3N/c20-14-7-2-1-4-12(14)17-11-6-3-5-10(11)16-13(19(22,23)24)8-9-15(21)18(16)25-17/h1-5,7-11,17,25H,6H2/t10-,11-,17+/m1/s1. The number of benzene rings is 2. The second-order valence-corrected chi connectivity index (χ2v) is 7.64. The highest BCUT2D eigenvalue weighted by atomic mass is 79.9. The molecule has 0 unspecified atom stereocenters. The molecule has 6 heteroatoms. The summed E-state index contributed by atoms with van der Waals surface area (Å²) in [5.74, 6) is -0.283. The van der Waals surface area contributed by atoms with Crippen LogP contribution in [0.15, 0.2) is 53.0 Å². The Kier molecular flexibility index (Phi) is 4.12. The lowest BCUT2D eigenvalue weighted by Crippen LogP contribution is -2.31. The van der Waals surface area contributed by atoms with E-state index in [9.17, 15) is 13.2 Å². The Morgan fingerprint density at radius 1 is 1.12 bits per heavy atom. The largest absolute Gasteiger partial charge is 0.416 e. The lowest BCUT2D eigenvalue weighted by Gasteiger charge is -2.39. The van der Waals surface area contributed by atoms with Gasteiger partial charge in [0.25, 0.3) is 0 Å². The third kappa shape index (κ3) is 2.77. The first-order chi connectivity index (χ1) is 11.9. The monoisotopic (exact) mass is 427 g/mol. The summed E-state index contributed by atoms with van der Waals surface area (Å²) in [7, 11) is 0. The summed E-state index contributed by atoms with van der Waals surface area (Å²) < 4.78 is 41.6. The van der Waals surface area contributed by atoms with E-state index in [1.807, 2.05) is 36.4 Å². The third-order valence-electron chi connectivity index (χ3n) is 5.01. The van der Waals surface area contributed by atoms with Gasteiger partial charge in [-0.25, -0.2) is 0 Å². The van der Waals surface area contributed by atoms with Gasteiger partial charge in [-0.15, -0.1) is 0 Å². The second kappa shape index (κ2) is 6.06. The molecular weight excluding hydrogens is 415 g/mol. The van der Waals surface area contributed by atoms with Gasteiger partial charge in [-0.1, -0.05) is 57.9 Å². The minimum atomic E-state index is -4.41. The molecule has 0 radical (unpaired) electrons. The van der Waals surface area contributed by atoms with E-state index in [1.165, 1.54) is 6.07 Å². The van der Waals surface area contributed by atoms with E-state index < -0.39 is 11.7 Å². The van der Waals surface area contributed by atoms with Crippen molar-refractivity contribution >= 4 is 33.2 Å². The van der Waals surface area contributed by atoms with Crippen molar-refractivity contribution in [1.29, 1.82) is 0 Å². The summed E-state index contributed by atoms with van der Waals surface area (Å²) in [6.07, 6.45) is 0.182. The fraction of sp³-hybridized carbons (Fsp3) is 0.263. The fourth-order valence-electron chi connectivity index (χ4n) is 3.96. The van der Waals surface area contributed by atoms with Crippen LogP contribution in [0.1, 0.15) is 35.1 Å². The van der Waals surface area contributed by atoms with E-state index in [-0.39, 0.29) is 23.4 Å². The topological polar surface area (TPSA) is 12.0 Å². The van der Waals surface area contributed by atoms with Crippen LogP contribution in [0.4, 0.5) is 18.9 Å². The molecule has 1 aliphatic heterocycles. The van der Waals surface area contributed by atoms with Gasteiger partial charge in [0, 0.05) is 10.4 Å². The Morgan fingerprint density at radius 3 is 2.60 bits per heavy atom. The van der Waals surface area contributed by atoms with Gasteiger partial charge >= 0.3 is 6.18 Å². The van der Waals surface area contributed by atoms with Crippen LogP contribution in [-0.2, 0) is 6.18 Å². The summed E-state index contributed by atoms with van der Waals surface area (Å²) >= 11 is 9.84. The van der Waals surface area contributed by atoms with Crippen LogP contribution >= 0.6 is 27.5 Å². The van der Waals surface area contributed by atoms with Gasteiger partial charge in [-0.05, 0) is 41.7 Å². The van der Waals surface area contributed by atoms with Crippen molar-refractivity contribution in [2.24, 2.45) is 5.92 Å². The molecule has 0 saturated carbocycles. The molecule has 0 aromatic heterocycles. The zero-order valence-electron chi connectivity index (χ0n) is 12.9. The molecule has 1 N–H and O–H groups in total. The van der Waals surface area contributed by atoms with E-state index in [0.29, 0.717) is 10.7 Å². The number of hydrogen-bond acceptors (Lipinski definition) is 1. The lowest BCUT2D eigenvalue weighted by atomic mass is 9.75. The molecule has 2 aromatic rings. The average Bonchev–Trinajstić information content (AvgIpc) is 3.04. The molecule has 4 rings (SSSR count). The number of allylic oxidation sites excluding steroid dienone is 2. The van der Waals surface area contributed by atoms with Crippen molar-refractivity contribution in [3.05, 3.63) is 74.7 Å². The zero-order chi connectivity index (χ0) is 17.8. The molecular formula is C19H14BrClF3N. The number of nitrogens with one attached hydrogen (secondary N) is 1. The number of halogens is 5. The maximum Gasteiger partial charge on any atom is 0.416 e. The second-order valence-electron chi connectivity index (χ2n) is 6.38. The summed E-state index contributed by atoms with van der Waals surface area (Å²) in [6.45, 7) is 0. The van der Waals surface area contributed by atoms with Gasteiger partial charge < -0.3 is 5.32 Å². The van der Waals surface area contributed by atoms with Gasteiger partial charge in [0.2, 0.25) is 0 Å². The van der Waals surface area contributed by atoms with Gasteiger partial charge in [0.1, 0.15) is 0 Å². The van der Waals surface area contributed by atoms with Crippen LogP contribution in [0.25, 0.3) is 0 Å². The highest BCUT2D eigenvalue weighted by molar-refractivity contribution is 9.10. The molecule has 130 valence electrons. The Bertz CT molecular complexity index is 862. The number of rotatable bonds is 1. The Hall–Kier alpha value is -1.46. The van der Waals surface area contributed by atoms with Gasteiger partial charge in [0.05, 0.1) is 22.3 Å². The number of fused-ring (bicyclic) bond motifs is 3. The zero-order valence-corrected chi connectivity index (χ0v) is 15.3. The molecule has 3 atom stereocenters. The Labute approximate surface area is 157 Å². The van der Waals surface area contributed by atoms with E-state index in [0.717, 1.165) is 22.5 Å². The summed E-state index contributed by atoms with van der Waals surface area (Å²) in [6, 6.07) is 10.1. The number of hydrogen-bond donors (Lipinski definition) is 1. The first-order valence-electron chi connectivity index (χ1n) is 7.95. The van der Waals surface area contributed by atoms with Crippen molar-refractivity contribution in [3.8, 4) is 0 Å². The molecule has 1 aliphatic carbocycles. The van der Waals surface area contributed by atoms with Crippen LogP contribution in [0.3, 0.4) is 0 Å². The number of anilines is 1. The van der Waals surface area contributed by atoms with Crippen molar-refractivity contribution in [1.82, 2.24) is 0 Å². The summed E-state index contributed by atoms with van der Waals surface area (Å²) in [5.41, 5.74) is 1.08. The maximum atomic E-state index is 13.5. The fourth-order valence-corrected chi connectivity index (χ4v) is 4.71. The maximum absolute atomic E-state index is 13.5. The molecule has 25 heavy (non-hydrogen) atoms. The molecule has 1 heterocycles. The molecule has 0 bridgehead atoms. The highest BCUT2D eigenvalue weighted by Crippen LogP contribution is 2.55. The van der Waals surface area contributed by atoms with Crippen LogP contribution < -0.4 is 5.32 Å². The Morgan fingerprint density at radius 2 is 1.88 bits per heavy atom. The van der Waals surface area contributed by atoms with Crippen molar-refractivity contribution in [2.45, 2.75) is 24.6 Å². The van der Waals surface area contributed by atoms with E-state index >= 15 is 0 Å². The molecule has 1 nitrogen and oxygen atoms in total. The van der Waals surface area contributed by atoms with Gasteiger partial charge in [0.15, 0.2) is 0 Å². The SMILES string of the molecule is FC(F)(F)c1ccc(Cl)c2c1[C@@H]1C=CC[C@H]1[C@@H](c1ccccc1Br)N2. The van der Waals surface area contributed by atoms with Gasteiger partial charge in [-0.2, -0.15) is 13.2 Å². The van der Waals surface area contributed by atoms with Crippen LogP contribution in [0, 0.1) is 5.92 Å². The van der Waals surface area contributed by atoms with Crippen molar-refractivity contribution in [2.75, 3.05) is 5.32 Å². The van der Waals surface area contributed by atoms with Crippen molar-refractivity contribution < 1.29 is 13.2 Å². The minimum Gasteiger partial charge on any atom is -0.376 e. The predicted molar refractivity (Wildman–Crippen MR) is 96.9 cm³/mol. The average molecular weight is 429 g/mol. The summed E-state index contributed by atoms with van der Waals surface area (Å²) in [4.78, 5) is 0. The Balaban J connectivity index is 1.90. The van der Waals surface area contributed by atoms with E-state index in [1.54, 1.807) is 0 Å². The molecule has 0 fully saturated rings. The van der Waals surface area contributed by atoms with Crippen LogP contribution in [0.5, 0.6) is 0 Å². The third-order valence-corrected chi connectivity index (χ3v) is 6.05. The number of alkyl halides is 3. The van der Waals surface area contributed by atoms with Crippen LogP contribution in [-0.4, -0.2) is 0 Å². The molecule has 2 aromatic carbocycles. The molecule has 0 amide bonds. The van der Waals surface area contributed by atoms with E-state index in [2.05, 4.69) is 21.2 Å². The first-order valence-corrected chi connectivity index (χ1v) is 9.12. The first kappa shape index (κ1) is 17.0. The highest BCUT2D eigenvalue weighted by Gasteiger charge is 2.45. The molecule has 2 aliphatic rings. The molecule has 0 spiro atoms. The summed E-state index contributed by atoms with van der Waals surface area (Å²) in [5, 5.41) is 3.62. The smallest absolute Gasteiger partial charge is 0.376 e. The predicted octanol–water partition coefficient (Wildman–Crippen LogP) is 6.95. The van der Waals surface area contributed by atoms with Gasteiger partial charge in [-0.3, -0.25) is 0 Å². The quantitative estimate of drug-likeness (QED) is 0.485. The van der Waals surface area contributed by atoms with Crippen LogP contribution in [0.2, 0.25) is 5.02 Å².